The third-order valence-corrected chi connectivity index (χ3v) is 4.38. The zero-order valence-electron chi connectivity index (χ0n) is 17.1. The number of unbranched alkanes of at least 4 members (excludes halogenated alkanes) is 4. The lowest BCUT2D eigenvalue weighted by atomic mass is 10.0. The maximum Gasteiger partial charge on any atom is 0.257 e. The Labute approximate surface area is 163 Å². The largest absolute Gasteiger partial charge is 0.385 e. The highest BCUT2D eigenvalue weighted by atomic mass is 16.1. The van der Waals surface area contributed by atoms with Gasteiger partial charge >= 0.3 is 0 Å². The Morgan fingerprint density at radius 2 is 1.81 bits per heavy atom. The third-order valence-electron chi connectivity index (χ3n) is 4.38. The number of carbonyl (C=O) groups excluding carboxylic acids is 1. The number of benzene rings is 1. The quantitative estimate of drug-likeness (QED) is 0.360. The van der Waals surface area contributed by atoms with Crippen LogP contribution in [0.5, 0.6) is 0 Å². The predicted octanol–water partition coefficient (Wildman–Crippen LogP) is 2.97. The van der Waals surface area contributed by atoms with Gasteiger partial charge in [0.15, 0.2) is 0 Å². The van der Waals surface area contributed by atoms with Crippen molar-refractivity contribution in [3.05, 3.63) is 41.2 Å². The molecule has 0 spiro atoms. The van der Waals surface area contributed by atoms with Crippen LogP contribution in [0, 0.1) is 6.92 Å². The average Bonchev–Trinajstić information content (AvgIpc) is 2.60. The van der Waals surface area contributed by atoms with Crippen molar-refractivity contribution in [3.8, 4) is 0 Å². The van der Waals surface area contributed by atoms with Gasteiger partial charge in [0.25, 0.3) is 5.91 Å². The summed E-state index contributed by atoms with van der Waals surface area (Å²) in [6.07, 6.45) is 8.14. The molecule has 6 nitrogen and oxygen atoms in total. The van der Waals surface area contributed by atoms with Crippen LogP contribution in [0.3, 0.4) is 0 Å². The summed E-state index contributed by atoms with van der Waals surface area (Å²) >= 11 is 0. The van der Waals surface area contributed by atoms with Gasteiger partial charge in [-0.15, -0.1) is 0 Å². The molecular formula is C21H37N5O. The van der Waals surface area contributed by atoms with E-state index < -0.39 is 0 Å². The fourth-order valence-electron chi connectivity index (χ4n) is 2.72. The van der Waals surface area contributed by atoms with Crippen molar-refractivity contribution in [1.29, 1.82) is 0 Å². The number of amides is 1. The van der Waals surface area contributed by atoms with Gasteiger partial charge in [-0.25, -0.2) is 0 Å². The van der Waals surface area contributed by atoms with Gasteiger partial charge in [-0.2, -0.15) is 0 Å². The van der Waals surface area contributed by atoms with Gasteiger partial charge in [0.1, 0.15) is 0 Å². The summed E-state index contributed by atoms with van der Waals surface area (Å²) in [6, 6.07) is 5.69. The highest BCUT2D eigenvalue weighted by Crippen LogP contribution is 2.19. The molecular weight excluding hydrogens is 338 g/mol. The molecule has 1 aromatic rings. The topological polar surface area (TPSA) is 119 Å². The van der Waals surface area contributed by atoms with Crippen LogP contribution >= 0.6 is 0 Å². The van der Waals surface area contributed by atoms with E-state index in [2.05, 4.69) is 10.6 Å². The average molecular weight is 376 g/mol. The molecule has 8 N–H and O–H groups in total. The van der Waals surface area contributed by atoms with Gasteiger partial charge in [0.05, 0.1) is 5.82 Å². The van der Waals surface area contributed by atoms with Crippen LogP contribution in [0.2, 0.25) is 0 Å². The van der Waals surface area contributed by atoms with E-state index in [0.29, 0.717) is 17.8 Å². The molecule has 0 radical (unpaired) electrons. The SMILES string of the molecule is Cc1c(NCCCCCCCN)cccc1C(=O)N/C(N)=C/CC(C)(C)N. The van der Waals surface area contributed by atoms with E-state index in [4.69, 9.17) is 17.2 Å². The predicted molar refractivity (Wildman–Crippen MR) is 114 cm³/mol. The van der Waals surface area contributed by atoms with Crippen LogP contribution in [0.15, 0.2) is 30.1 Å². The molecule has 1 rings (SSSR count). The Morgan fingerprint density at radius 1 is 1.15 bits per heavy atom. The van der Waals surface area contributed by atoms with Gasteiger partial charge in [-0.05, 0) is 70.4 Å². The molecule has 0 atom stereocenters. The fraction of sp³-hybridized carbons (Fsp3) is 0.571. The Bertz CT molecular complexity index is 619. The highest BCUT2D eigenvalue weighted by Gasteiger charge is 2.13. The molecule has 27 heavy (non-hydrogen) atoms. The van der Waals surface area contributed by atoms with Crippen LogP contribution < -0.4 is 27.8 Å². The molecule has 0 unspecified atom stereocenters. The van der Waals surface area contributed by atoms with Crippen molar-refractivity contribution in [2.45, 2.75) is 64.8 Å². The van der Waals surface area contributed by atoms with Gasteiger partial charge in [-0.1, -0.05) is 25.3 Å². The molecule has 0 aliphatic heterocycles. The van der Waals surface area contributed by atoms with Crippen molar-refractivity contribution in [2.24, 2.45) is 17.2 Å². The minimum absolute atomic E-state index is 0.207. The normalized spacial score (nSPS) is 12.1. The summed E-state index contributed by atoms with van der Waals surface area (Å²) in [4.78, 5) is 12.5. The first-order valence-electron chi connectivity index (χ1n) is 9.84. The maximum absolute atomic E-state index is 12.5. The van der Waals surface area contributed by atoms with E-state index in [0.717, 1.165) is 37.2 Å². The second-order valence-corrected chi connectivity index (χ2v) is 7.77. The molecule has 0 aromatic heterocycles. The second-order valence-electron chi connectivity index (χ2n) is 7.77. The van der Waals surface area contributed by atoms with Crippen molar-refractivity contribution in [1.82, 2.24) is 5.32 Å². The number of nitrogens with one attached hydrogen (secondary N) is 2. The molecule has 0 heterocycles. The molecule has 0 bridgehead atoms. The van der Waals surface area contributed by atoms with E-state index in [1.54, 1.807) is 6.08 Å². The lowest BCUT2D eigenvalue weighted by Crippen LogP contribution is -2.33. The Kier molecular flexibility index (Phi) is 9.89. The van der Waals surface area contributed by atoms with Crippen LogP contribution in [0.1, 0.15) is 68.3 Å². The molecule has 0 aliphatic carbocycles. The minimum Gasteiger partial charge on any atom is -0.385 e. The lowest BCUT2D eigenvalue weighted by Gasteiger charge is -2.16. The fourth-order valence-corrected chi connectivity index (χ4v) is 2.72. The van der Waals surface area contributed by atoms with Crippen LogP contribution in [0.25, 0.3) is 0 Å². The zero-order valence-corrected chi connectivity index (χ0v) is 17.1. The van der Waals surface area contributed by atoms with Gasteiger partial charge in [0.2, 0.25) is 0 Å². The first-order chi connectivity index (χ1) is 12.7. The van der Waals surface area contributed by atoms with E-state index in [1.807, 2.05) is 39.0 Å². The summed E-state index contributed by atoms with van der Waals surface area (Å²) in [5.74, 6) is 0.121. The standard InChI is InChI=1S/C21H37N5O/c1-16-17(20(27)26-19(23)12-13-21(2,3)24)10-9-11-18(16)25-15-8-6-4-5-7-14-22/h9-12,25H,4-8,13-15,22-24H2,1-3H3,(H,26,27)/b19-12+. The molecule has 0 fully saturated rings. The number of hydrogen-bond acceptors (Lipinski definition) is 5. The summed E-state index contributed by atoms with van der Waals surface area (Å²) in [6.45, 7) is 7.44. The number of nitrogens with two attached hydrogens (primary N) is 3. The van der Waals surface area contributed by atoms with Crippen LogP contribution in [0.4, 0.5) is 5.69 Å². The Hall–Kier alpha value is -2.05. The molecule has 0 aliphatic rings. The number of rotatable bonds is 12. The highest BCUT2D eigenvalue weighted by molar-refractivity contribution is 5.97. The van der Waals surface area contributed by atoms with Crippen LogP contribution in [-0.2, 0) is 0 Å². The Balaban J connectivity index is 2.57. The monoisotopic (exact) mass is 375 g/mol. The number of anilines is 1. The molecule has 1 aromatic carbocycles. The van der Waals surface area contributed by atoms with E-state index in [1.165, 1.54) is 19.3 Å². The summed E-state index contributed by atoms with van der Waals surface area (Å²) in [5, 5.41) is 6.17. The molecule has 152 valence electrons. The van der Waals surface area contributed by atoms with Gasteiger partial charge < -0.3 is 27.8 Å². The van der Waals surface area contributed by atoms with Crippen molar-refractivity contribution in [2.75, 3.05) is 18.4 Å². The molecule has 1 amide bonds. The first kappa shape index (κ1) is 23.0. The smallest absolute Gasteiger partial charge is 0.257 e. The number of carbonyl (C=O) groups is 1. The van der Waals surface area contributed by atoms with E-state index in [-0.39, 0.29) is 11.4 Å². The van der Waals surface area contributed by atoms with Crippen molar-refractivity contribution < 1.29 is 4.79 Å². The van der Waals surface area contributed by atoms with Crippen molar-refractivity contribution >= 4 is 11.6 Å². The molecule has 0 saturated heterocycles. The van der Waals surface area contributed by atoms with E-state index in [9.17, 15) is 4.79 Å². The van der Waals surface area contributed by atoms with Crippen molar-refractivity contribution in [3.63, 3.8) is 0 Å². The van der Waals surface area contributed by atoms with Crippen LogP contribution in [-0.4, -0.2) is 24.5 Å². The minimum atomic E-state index is -0.362. The zero-order chi connectivity index (χ0) is 20.3. The number of hydrogen-bond donors (Lipinski definition) is 5. The lowest BCUT2D eigenvalue weighted by molar-refractivity contribution is 0.0964. The first-order valence-corrected chi connectivity index (χ1v) is 9.84. The van der Waals surface area contributed by atoms with Gasteiger partial charge in [-0.3, -0.25) is 4.79 Å². The Morgan fingerprint density at radius 3 is 2.48 bits per heavy atom. The molecule has 6 heteroatoms. The summed E-state index contributed by atoms with van der Waals surface area (Å²) in [7, 11) is 0. The summed E-state index contributed by atoms with van der Waals surface area (Å²) in [5.41, 5.74) is 19.5. The third kappa shape index (κ3) is 9.45. The maximum atomic E-state index is 12.5. The van der Waals surface area contributed by atoms with Gasteiger partial charge in [0, 0.05) is 23.3 Å². The van der Waals surface area contributed by atoms with E-state index >= 15 is 0 Å². The second kappa shape index (κ2) is 11.6. The summed E-state index contributed by atoms with van der Waals surface area (Å²) < 4.78 is 0. The molecule has 0 saturated carbocycles.